The largest absolute Gasteiger partial charge is 0.371 e. The third-order valence-electron chi connectivity index (χ3n) is 5.04. The Morgan fingerprint density at radius 2 is 1.65 bits per heavy atom. The van der Waals surface area contributed by atoms with Crippen molar-refractivity contribution in [3.05, 3.63) is 53.1 Å². The Labute approximate surface area is 154 Å². The second kappa shape index (κ2) is 6.76. The number of benzene rings is 2. The normalized spacial score (nSPS) is 16.6. The Bertz CT molecular complexity index is 919. The van der Waals surface area contributed by atoms with Gasteiger partial charge in [-0.15, -0.1) is 0 Å². The fraction of sp³-hybridized carbons (Fsp3) is 0.350. The third-order valence-corrected chi connectivity index (χ3v) is 6.17. The lowest BCUT2D eigenvalue weighted by molar-refractivity contribution is 0.602. The van der Waals surface area contributed by atoms with Crippen LogP contribution >= 0.6 is 0 Å². The minimum absolute atomic E-state index is 0.311. The van der Waals surface area contributed by atoms with Crippen LogP contribution in [0.25, 0.3) is 0 Å². The van der Waals surface area contributed by atoms with Gasteiger partial charge in [-0.1, -0.05) is 0 Å². The Kier molecular flexibility index (Phi) is 4.44. The number of rotatable bonds is 4. The van der Waals surface area contributed by atoms with E-state index in [1.807, 2.05) is 6.21 Å². The van der Waals surface area contributed by atoms with E-state index in [1.165, 1.54) is 49.0 Å². The van der Waals surface area contributed by atoms with Crippen molar-refractivity contribution in [1.82, 2.24) is 0 Å². The van der Waals surface area contributed by atoms with Gasteiger partial charge in [-0.25, -0.2) is 8.42 Å². The molecule has 2 aliphatic rings. The third kappa shape index (κ3) is 3.46. The highest BCUT2D eigenvalue weighted by molar-refractivity contribution is 7.90. The molecule has 2 aromatic rings. The van der Waals surface area contributed by atoms with Crippen molar-refractivity contribution >= 4 is 27.4 Å². The topological polar surface area (TPSA) is 61.8 Å². The molecule has 2 aromatic carbocycles. The van der Waals surface area contributed by atoms with Gasteiger partial charge in [-0.05, 0) is 78.8 Å². The Hall–Kier alpha value is -2.34. The van der Waals surface area contributed by atoms with Gasteiger partial charge < -0.3 is 4.90 Å². The number of anilines is 2. The van der Waals surface area contributed by atoms with Crippen LogP contribution in [0.1, 0.15) is 29.5 Å². The monoisotopic (exact) mass is 369 g/mol. The molecule has 0 bridgehead atoms. The van der Waals surface area contributed by atoms with E-state index in [0.29, 0.717) is 4.90 Å². The van der Waals surface area contributed by atoms with Crippen molar-refractivity contribution in [2.75, 3.05) is 29.7 Å². The van der Waals surface area contributed by atoms with Crippen LogP contribution in [0.3, 0.4) is 0 Å². The zero-order chi connectivity index (χ0) is 18.1. The molecule has 2 heterocycles. The molecule has 4 rings (SSSR count). The predicted octanol–water partition coefficient (Wildman–Crippen LogP) is 3.23. The second-order valence-electron chi connectivity index (χ2n) is 7.05. The number of nitrogens with one attached hydrogen (secondary N) is 1. The van der Waals surface area contributed by atoms with E-state index < -0.39 is 9.84 Å². The summed E-state index contributed by atoms with van der Waals surface area (Å²) in [6.45, 7) is 2.36. The zero-order valence-electron chi connectivity index (χ0n) is 14.9. The number of aryl methyl sites for hydroxylation is 2. The lowest BCUT2D eigenvalue weighted by Gasteiger charge is -2.37. The minimum atomic E-state index is -3.17. The summed E-state index contributed by atoms with van der Waals surface area (Å²) >= 11 is 0. The van der Waals surface area contributed by atoms with Gasteiger partial charge in [0.1, 0.15) is 0 Å². The van der Waals surface area contributed by atoms with Gasteiger partial charge in [0.25, 0.3) is 0 Å². The molecule has 2 aliphatic heterocycles. The maximum absolute atomic E-state index is 11.5. The van der Waals surface area contributed by atoms with Gasteiger partial charge >= 0.3 is 0 Å². The van der Waals surface area contributed by atoms with Crippen molar-refractivity contribution in [3.63, 3.8) is 0 Å². The summed E-state index contributed by atoms with van der Waals surface area (Å²) in [5.41, 5.74) is 9.19. The number of sulfone groups is 1. The molecular formula is C20H23N3O2S. The van der Waals surface area contributed by atoms with Crippen LogP contribution in [-0.4, -0.2) is 34.0 Å². The summed E-state index contributed by atoms with van der Waals surface area (Å²) in [4.78, 5) is 2.84. The van der Waals surface area contributed by atoms with Crippen molar-refractivity contribution in [3.8, 4) is 0 Å². The van der Waals surface area contributed by atoms with E-state index in [-0.39, 0.29) is 0 Å². The smallest absolute Gasteiger partial charge is 0.175 e. The molecule has 0 amide bonds. The van der Waals surface area contributed by atoms with Gasteiger partial charge in [-0.2, -0.15) is 5.10 Å². The van der Waals surface area contributed by atoms with E-state index in [4.69, 9.17) is 0 Å². The van der Waals surface area contributed by atoms with Gasteiger partial charge in [0, 0.05) is 25.0 Å². The highest BCUT2D eigenvalue weighted by atomic mass is 32.2. The Balaban J connectivity index is 1.51. The molecule has 0 saturated heterocycles. The molecule has 0 saturated carbocycles. The van der Waals surface area contributed by atoms with Crippen molar-refractivity contribution in [1.29, 1.82) is 0 Å². The molecule has 136 valence electrons. The quantitative estimate of drug-likeness (QED) is 0.664. The van der Waals surface area contributed by atoms with Crippen molar-refractivity contribution in [2.45, 2.75) is 30.6 Å². The Morgan fingerprint density at radius 1 is 1.04 bits per heavy atom. The van der Waals surface area contributed by atoms with Gasteiger partial charge in [0.05, 0.1) is 16.8 Å². The average molecular weight is 369 g/mol. The summed E-state index contributed by atoms with van der Waals surface area (Å²) in [5, 5.41) is 4.33. The lowest BCUT2D eigenvalue weighted by Crippen LogP contribution is -2.34. The summed E-state index contributed by atoms with van der Waals surface area (Å²) < 4.78 is 23.0. The highest BCUT2D eigenvalue weighted by Crippen LogP contribution is 2.35. The molecule has 1 N–H and O–H groups in total. The summed E-state index contributed by atoms with van der Waals surface area (Å²) in [6, 6.07) is 11.1. The molecule has 6 heteroatoms. The van der Waals surface area contributed by atoms with Crippen LogP contribution < -0.4 is 10.3 Å². The summed E-state index contributed by atoms with van der Waals surface area (Å²) in [7, 11) is -3.17. The molecule has 0 atom stereocenters. The van der Waals surface area contributed by atoms with E-state index >= 15 is 0 Å². The zero-order valence-corrected chi connectivity index (χ0v) is 15.7. The first kappa shape index (κ1) is 17.1. The standard InChI is InChI=1S/C20H23N3O2S/c1-26(24,25)19-8-6-18(7-9-19)22-21-14-15-12-16-4-2-10-23-11-3-5-17(13-15)20(16)23/h6-9,12-14,22H,2-5,10-11H2,1H3/b21-14+. The number of nitrogens with zero attached hydrogens (tertiary/aromatic N) is 2. The first-order valence-corrected chi connectivity index (χ1v) is 10.9. The van der Waals surface area contributed by atoms with E-state index in [2.05, 4.69) is 27.6 Å². The molecule has 0 aliphatic carbocycles. The molecule has 26 heavy (non-hydrogen) atoms. The van der Waals surface area contributed by atoms with E-state index in [9.17, 15) is 8.42 Å². The fourth-order valence-corrected chi connectivity index (χ4v) is 4.49. The fourth-order valence-electron chi connectivity index (χ4n) is 3.86. The molecule has 0 radical (unpaired) electrons. The van der Waals surface area contributed by atoms with Crippen LogP contribution in [0.4, 0.5) is 11.4 Å². The van der Waals surface area contributed by atoms with Crippen LogP contribution in [0.5, 0.6) is 0 Å². The molecule has 5 nitrogen and oxygen atoms in total. The maximum atomic E-state index is 11.5. The molecule has 0 aromatic heterocycles. The van der Waals surface area contributed by atoms with Crippen LogP contribution in [0, 0.1) is 0 Å². The summed E-state index contributed by atoms with van der Waals surface area (Å²) in [6.07, 6.45) is 7.77. The average Bonchev–Trinajstić information content (AvgIpc) is 2.62. The molecule has 0 unspecified atom stereocenters. The number of hydrogen-bond acceptors (Lipinski definition) is 5. The van der Waals surface area contributed by atoms with E-state index in [0.717, 1.165) is 24.1 Å². The SMILES string of the molecule is CS(=O)(=O)c1ccc(N/N=C/c2cc3c4c(c2)CCCN4CCC3)cc1. The highest BCUT2D eigenvalue weighted by Gasteiger charge is 2.23. The van der Waals surface area contributed by atoms with Gasteiger partial charge in [0.15, 0.2) is 9.84 Å². The minimum Gasteiger partial charge on any atom is -0.371 e. The van der Waals surface area contributed by atoms with Gasteiger partial charge in [0.2, 0.25) is 0 Å². The molecule has 0 fully saturated rings. The van der Waals surface area contributed by atoms with Crippen molar-refractivity contribution < 1.29 is 8.42 Å². The second-order valence-corrected chi connectivity index (χ2v) is 9.06. The summed E-state index contributed by atoms with van der Waals surface area (Å²) in [5.74, 6) is 0. The Morgan fingerprint density at radius 3 is 2.23 bits per heavy atom. The first-order valence-electron chi connectivity index (χ1n) is 9.01. The maximum Gasteiger partial charge on any atom is 0.175 e. The number of hydrogen-bond donors (Lipinski definition) is 1. The van der Waals surface area contributed by atoms with Crippen molar-refractivity contribution in [2.24, 2.45) is 5.10 Å². The first-order chi connectivity index (χ1) is 12.5. The molecule has 0 spiro atoms. The van der Waals surface area contributed by atoms with Crippen LogP contribution in [-0.2, 0) is 22.7 Å². The predicted molar refractivity (Wildman–Crippen MR) is 106 cm³/mol. The van der Waals surface area contributed by atoms with E-state index in [1.54, 1.807) is 24.3 Å². The lowest BCUT2D eigenvalue weighted by atomic mass is 9.90. The van der Waals surface area contributed by atoms with Gasteiger partial charge in [-0.3, -0.25) is 5.43 Å². The van der Waals surface area contributed by atoms with Crippen LogP contribution in [0.15, 0.2) is 46.4 Å². The molecular weight excluding hydrogens is 346 g/mol. The van der Waals surface area contributed by atoms with Crippen LogP contribution in [0.2, 0.25) is 0 Å². The number of hydrazone groups is 1.